The molecule has 0 unspecified atom stereocenters. The lowest BCUT2D eigenvalue weighted by Crippen LogP contribution is -2.30. The van der Waals surface area contributed by atoms with Gasteiger partial charge in [0, 0.05) is 24.6 Å². The number of carbonyl (C=O) groups is 1. The Morgan fingerprint density at radius 1 is 1.48 bits per heavy atom. The van der Waals surface area contributed by atoms with Crippen molar-refractivity contribution in [1.82, 2.24) is 14.5 Å². The van der Waals surface area contributed by atoms with E-state index in [2.05, 4.69) is 20.9 Å². The van der Waals surface area contributed by atoms with Gasteiger partial charge in [-0.15, -0.1) is 0 Å². The summed E-state index contributed by atoms with van der Waals surface area (Å²) in [6.45, 7) is 2.94. The molecule has 0 radical (unpaired) electrons. The predicted octanol–water partition coefficient (Wildman–Crippen LogP) is 3.03. The van der Waals surface area contributed by atoms with E-state index in [0.29, 0.717) is 35.6 Å². The number of thioether (sulfide) groups is 1. The van der Waals surface area contributed by atoms with E-state index >= 15 is 0 Å². The van der Waals surface area contributed by atoms with Gasteiger partial charge in [-0.2, -0.15) is 5.26 Å². The number of nitrogens with zero attached hydrogens (tertiary/aromatic N) is 4. The molecular formula is C17H19BrN4O2S. The monoisotopic (exact) mass is 422 g/mol. The summed E-state index contributed by atoms with van der Waals surface area (Å²) in [5, 5.41) is 9.71. The highest BCUT2D eigenvalue weighted by Gasteiger charge is 2.15. The van der Waals surface area contributed by atoms with Crippen LogP contribution in [0.4, 0.5) is 0 Å². The zero-order chi connectivity index (χ0) is 18.4. The molecule has 0 fully saturated rings. The fraction of sp³-hybridized carbons (Fsp3) is 0.412. The number of nitriles is 1. The van der Waals surface area contributed by atoms with Gasteiger partial charge in [-0.25, -0.2) is 4.98 Å². The highest BCUT2D eigenvalue weighted by Crippen LogP contribution is 2.21. The van der Waals surface area contributed by atoms with Crippen molar-refractivity contribution in [3.8, 4) is 6.07 Å². The van der Waals surface area contributed by atoms with Crippen LogP contribution in [0.3, 0.4) is 0 Å². The fourth-order valence-corrected chi connectivity index (χ4v) is 3.61. The van der Waals surface area contributed by atoms with Crippen LogP contribution in [0.15, 0.2) is 32.6 Å². The Morgan fingerprint density at radius 2 is 2.24 bits per heavy atom. The van der Waals surface area contributed by atoms with Crippen molar-refractivity contribution in [2.24, 2.45) is 0 Å². The van der Waals surface area contributed by atoms with Crippen LogP contribution in [0.5, 0.6) is 0 Å². The first-order valence-electron chi connectivity index (χ1n) is 7.91. The minimum Gasteiger partial charge on any atom is -0.344 e. The van der Waals surface area contributed by atoms with E-state index in [-0.39, 0.29) is 17.2 Å². The Morgan fingerprint density at radius 3 is 2.92 bits per heavy atom. The summed E-state index contributed by atoms with van der Waals surface area (Å²) in [4.78, 5) is 31.0. The summed E-state index contributed by atoms with van der Waals surface area (Å²) in [5.74, 6) is 0.0913. The third-order valence-corrected chi connectivity index (χ3v) is 5.09. The van der Waals surface area contributed by atoms with Gasteiger partial charge in [0.15, 0.2) is 5.16 Å². The van der Waals surface area contributed by atoms with Crippen molar-refractivity contribution in [1.29, 1.82) is 5.26 Å². The Kier molecular flexibility index (Phi) is 7.02. The molecule has 0 aliphatic carbocycles. The lowest BCUT2D eigenvalue weighted by molar-refractivity contribution is -0.127. The Labute approximate surface area is 159 Å². The molecule has 0 atom stereocenters. The SMILES string of the molecule is CCCn1c(SCC(=O)N(C)CCC#N)nc2ccc(Br)cc2c1=O. The smallest absolute Gasteiger partial charge is 0.262 e. The van der Waals surface area contributed by atoms with Crippen molar-refractivity contribution in [3.05, 3.63) is 33.0 Å². The second kappa shape index (κ2) is 9.02. The maximum atomic E-state index is 12.8. The molecule has 0 N–H and O–H groups in total. The number of hydrogen-bond donors (Lipinski definition) is 0. The number of carbonyl (C=O) groups excluding carboxylic acids is 1. The molecule has 2 aromatic rings. The maximum Gasteiger partial charge on any atom is 0.262 e. The second-order valence-corrected chi connectivity index (χ2v) is 7.38. The molecule has 1 heterocycles. The van der Waals surface area contributed by atoms with Gasteiger partial charge in [0.25, 0.3) is 5.56 Å². The molecule has 0 spiro atoms. The van der Waals surface area contributed by atoms with Gasteiger partial charge in [0.1, 0.15) is 0 Å². The number of hydrogen-bond acceptors (Lipinski definition) is 5. The molecule has 132 valence electrons. The molecule has 0 aliphatic heterocycles. The minimum atomic E-state index is -0.0964. The molecule has 0 aliphatic rings. The third-order valence-electron chi connectivity index (χ3n) is 3.64. The van der Waals surface area contributed by atoms with Gasteiger partial charge in [-0.05, 0) is 24.6 Å². The Balaban J connectivity index is 2.29. The molecule has 2 rings (SSSR count). The highest BCUT2D eigenvalue weighted by molar-refractivity contribution is 9.10. The summed E-state index contributed by atoms with van der Waals surface area (Å²) in [6.07, 6.45) is 1.10. The van der Waals surface area contributed by atoms with Crippen LogP contribution in [0.25, 0.3) is 10.9 Å². The zero-order valence-corrected chi connectivity index (χ0v) is 16.6. The number of amides is 1. The minimum absolute atomic E-state index is 0.0894. The number of fused-ring (bicyclic) bond motifs is 1. The average molecular weight is 423 g/mol. The molecule has 1 amide bonds. The van der Waals surface area contributed by atoms with Crippen LogP contribution in [0.1, 0.15) is 19.8 Å². The van der Waals surface area contributed by atoms with Gasteiger partial charge >= 0.3 is 0 Å². The van der Waals surface area contributed by atoms with Crippen molar-refractivity contribution < 1.29 is 4.79 Å². The molecule has 0 saturated carbocycles. The molecule has 25 heavy (non-hydrogen) atoms. The van der Waals surface area contributed by atoms with Crippen LogP contribution >= 0.6 is 27.7 Å². The normalized spacial score (nSPS) is 10.6. The van der Waals surface area contributed by atoms with E-state index in [1.54, 1.807) is 23.7 Å². The third kappa shape index (κ3) is 4.83. The molecule has 8 heteroatoms. The van der Waals surface area contributed by atoms with E-state index in [1.165, 1.54) is 16.7 Å². The summed E-state index contributed by atoms with van der Waals surface area (Å²) in [7, 11) is 1.67. The van der Waals surface area contributed by atoms with Crippen molar-refractivity contribution in [2.45, 2.75) is 31.5 Å². The Hall–Kier alpha value is -1.85. The average Bonchev–Trinajstić information content (AvgIpc) is 2.60. The second-order valence-electron chi connectivity index (χ2n) is 5.52. The van der Waals surface area contributed by atoms with Gasteiger partial charge in [0.05, 0.1) is 29.1 Å². The zero-order valence-electron chi connectivity index (χ0n) is 14.2. The summed E-state index contributed by atoms with van der Waals surface area (Å²) < 4.78 is 2.46. The van der Waals surface area contributed by atoms with Crippen LogP contribution in [-0.4, -0.2) is 39.7 Å². The maximum absolute atomic E-state index is 12.8. The Bertz CT molecular complexity index is 875. The topological polar surface area (TPSA) is 79.0 Å². The number of aromatic nitrogens is 2. The molecule has 1 aromatic heterocycles. The van der Waals surface area contributed by atoms with E-state index in [0.717, 1.165) is 10.9 Å². The molecular weight excluding hydrogens is 404 g/mol. The van der Waals surface area contributed by atoms with Crippen molar-refractivity contribution in [3.63, 3.8) is 0 Å². The van der Waals surface area contributed by atoms with E-state index in [4.69, 9.17) is 5.26 Å². The largest absolute Gasteiger partial charge is 0.344 e. The van der Waals surface area contributed by atoms with E-state index in [9.17, 15) is 9.59 Å². The first kappa shape index (κ1) is 19.5. The summed E-state index contributed by atoms with van der Waals surface area (Å²) >= 11 is 4.64. The number of rotatable bonds is 7. The fourth-order valence-electron chi connectivity index (χ4n) is 2.28. The molecule has 0 saturated heterocycles. The lowest BCUT2D eigenvalue weighted by Gasteiger charge is -2.16. The van der Waals surface area contributed by atoms with Gasteiger partial charge in [0.2, 0.25) is 5.91 Å². The molecule has 6 nitrogen and oxygen atoms in total. The van der Waals surface area contributed by atoms with E-state index in [1.807, 2.05) is 19.1 Å². The van der Waals surface area contributed by atoms with Crippen LogP contribution in [0, 0.1) is 11.3 Å². The van der Waals surface area contributed by atoms with Gasteiger partial charge in [-0.3, -0.25) is 14.2 Å². The van der Waals surface area contributed by atoms with E-state index < -0.39 is 0 Å². The van der Waals surface area contributed by atoms with Crippen LogP contribution in [0.2, 0.25) is 0 Å². The molecule has 1 aromatic carbocycles. The summed E-state index contributed by atoms with van der Waals surface area (Å²) in [6, 6.07) is 7.43. The number of halogens is 1. The first-order chi connectivity index (χ1) is 12.0. The number of benzene rings is 1. The lowest BCUT2D eigenvalue weighted by atomic mass is 10.2. The predicted molar refractivity (Wildman–Crippen MR) is 103 cm³/mol. The molecule has 0 bridgehead atoms. The van der Waals surface area contributed by atoms with Crippen molar-refractivity contribution >= 4 is 44.5 Å². The standard InChI is InChI=1S/C17H19BrN4O2S/c1-3-8-22-16(24)13-10-12(18)5-6-14(13)20-17(22)25-11-15(23)21(2)9-4-7-19/h5-6,10H,3-4,8-9,11H2,1-2H3. The highest BCUT2D eigenvalue weighted by atomic mass is 79.9. The van der Waals surface area contributed by atoms with Crippen molar-refractivity contribution in [2.75, 3.05) is 19.3 Å². The quantitative estimate of drug-likeness (QED) is 0.505. The van der Waals surface area contributed by atoms with Crippen LogP contribution < -0.4 is 5.56 Å². The van der Waals surface area contributed by atoms with Gasteiger partial charge < -0.3 is 4.90 Å². The first-order valence-corrected chi connectivity index (χ1v) is 9.69. The summed E-state index contributed by atoms with van der Waals surface area (Å²) in [5.41, 5.74) is 0.522. The van der Waals surface area contributed by atoms with Crippen LogP contribution in [-0.2, 0) is 11.3 Å². The van der Waals surface area contributed by atoms with Gasteiger partial charge in [-0.1, -0.05) is 34.6 Å².